The van der Waals surface area contributed by atoms with E-state index in [9.17, 15) is 4.79 Å². The van der Waals surface area contributed by atoms with Crippen LogP contribution in [0.25, 0.3) is 0 Å². The average Bonchev–Trinajstić information content (AvgIpc) is 3.01. The number of hydrazone groups is 1. The van der Waals surface area contributed by atoms with Crippen molar-refractivity contribution in [2.24, 2.45) is 5.10 Å². The van der Waals surface area contributed by atoms with Gasteiger partial charge in [-0.25, -0.2) is 5.01 Å². The topological polar surface area (TPSA) is 32.7 Å². The smallest absolute Gasteiger partial charge is 0.253 e. The van der Waals surface area contributed by atoms with E-state index in [1.165, 1.54) is 16.1 Å². The Morgan fingerprint density at radius 2 is 2.05 bits per heavy atom. The zero-order chi connectivity index (χ0) is 13.4. The Kier molecular flexibility index (Phi) is 2.95. The van der Waals surface area contributed by atoms with Crippen molar-refractivity contribution in [3.05, 3.63) is 51.7 Å². The molecule has 0 fully saturated rings. The Morgan fingerprint density at radius 1 is 1.21 bits per heavy atom. The second-order valence-electron chi connectivity index (χ2n) is 4.71. The van der Waals surface area contributed by atoms with Gasteiger partial charge in [-0.05, 0) is 53.9 Å². The Bertz CT molecular complexity index is 659. The van der Waals surface area contributed by atoms with Crippen molar-refractivity contribution in [2.75, 3.05) is 5.01 Å². The van der Waals surface area contributed by atoms with E-state index in [4.69, 9.17) is 0 Å². The van der Waals surface area contributed by atoms with Crippen molar-refractivity contribution in [2.45, 2.75) is 20.3 Å². The van der Waals surface area contributed by atoms with Crippen LogP contribution in [-0.4, -0.2) is 11.6 Å². The van der Waals surface area contributed by atoms with Crippen molar-refractivity contribution < 1.29 is 4.79 Å². The molecule has 0 saturated carbocycles. The molecule has 1 amide bonds. The number of anilines is 1. The second kappa shape index (κ2) is 4.63. The number of aryl methyl sites for hydroxylation is 2. The van der Waals surface area contributed by atoms with E-state index in [1.54, 1.807) is 11.3 Å². The third-order valence-electron chi connectivity index (χ3n) is 3.37. The molecule has 0 radical (unpaired) electrons. The van der Waals surface area contributed by atoms with Crippen LogP contribution in [0.15, 0.2) is 40.1 Å². The molecule has 19 heavy (non-hydrogen) atoms. The van der Waals surface area contributed by atoms with E-state index >= 15 is 0 Å². The van der Waals surface area contributed by atoms with Gasteiger partial charge in [0, 0.05) is 5.56 Å². The van der Waals surface area contributed by atoms with Crippen LogP contribution >= 0.6 is 11.3 Å². The first-order valence-corrected chi connectivity index (χ1v) is 7.09. The van der Waals surface area contributed by atoms with Gasteiger partial charge in [0.15, 0.2) is 0 Å². The van der Waals surface area contributed by atoms with Crippen LogP contribution in [0.5, 0.6) is 0 Å². The minimum atomic E-state index is 0.0319. The normalized spacial score (nSPS) is 14.9. The van der Waals surface area contributed by atoms with E-state index in [0.717, 1.165) is 17.0 Å². The van der Waals surface area contributed by atoms with E-state index in [2.05, 4.69) is 12.0 Å². The minimum absolute atomic E-state index is 0.0319. The molecule has 96 valence electrons. The molecule has 0 atom stereocenters. The van der Waals surface area contributed by atoms with E-state index in [-0.39, 0.29) is 5.91 Å². The summed E-state index contributed by atoms with van der Waals surface area (Å²) >= 11 is 1.62. The summed E-state index contributed by atoms with van der Waals surface area (Å²) in [7, 11) is 0. The summed E-state index contributed by atoms with van der Waals surface area (Å²) in [6.07, 6.45) is 0.379. The second-order valence-corrected chi connectivity index (χ2v) is 5.49. The molecule has 1 aliphatic rings. The van der Waals surface area contributed by atoms with Gasteiger partial charge in [0.25, 0.3) is 5.91 Å². The molecule has 1 aliphatic heterocycles. The molecule has 1 aromatic carbocycles. The van der Waals surface area contributed by atoms with Crippen LogP contribution in [-0.2, 0) is 4.79 Å². The van der Waals surface area contributed by atoms with Crippen LogP contribution < -0.4 is 5.01 Å². The number of amides is 1. The molecule has 0 N–H and O–H groups in total. The largest absolute Gasteiger partial charge is 0.272 e. The Balaban J connectivity index is 1.96. The molecule has 3 rings (SSSR count). The molecule has 0 spiro atoms. The van der Waals surface area contributed by atoms with Crippen LogP contribution in [0.1, 0.15) is 23.1 Å². The number of benzene rings is 1. The number of hydrogen-bond acceptors (Lipinski definition) is 3. The van der Waals surface area contributed by atoms with Gasteiger partial charge >= 0.3 is 0 Å². The van der Waals surface area contributed by atoms with Gasteiger partial charge in [-0.3, -0.25) is 4.79 Å². The number of carbonyl (C=O) groups excluding carboxylic acids is 1. The van der Waals surface area contributed by atoms with Gasteiger partial charge in [0.2, 0.25) is 0 Å². The molecule has 2 heterocycles. The number of carbonyl (C=O) groups is 1. The van der Waals surface area contributed by atoms with Gasteiger partial charge in [-0.1, -0.05) is 6.07 Å². The fourth-order valence-corrected chi connectivity index (χ4v) is 2.74. The van der Waals surface area contributed by atoms with Crippen LogP contribution in [0.4, 0.5) is 5.69 Å². The van der Waals surface area contributed by atoms with Crippen molar-refractivity contribution >= 4 is 28.6 Å². The predicted molar refractivity (Wildman–Crippen MR) is 78.9 cm³/mol. The third-order valence-corrected chi connectivity index (χ3v) is 4.05. The van der Waals surface area contributed by atoms with Crippen LogP contribution in [0.2, 0.25) is 0 Å². The van der Waals surface area contributed by atoms with E-state index in [0.29, 0.717) is 6.42 Å². The average molecular weight is 270 g/mol. The molecule has 0 aliphatic carbocycles. The quantitative estimate of drug-likeness (QED) is 0.822. The number of rotatable bonds is 2. The molecule has 1 aromatic heterocycles. The molecule has 2 aromatic rings. The van der Waals surface area contributed by atoms with Crippen LogP contribution in [0, 0.1) is 13.8 Å². The monoisotopic (exact) mass is 270 g/mol. The highest BCUT2D eigenvalue weighted by Crippen LogP contribution is 2.25. The first kappa shape index (κ1) is 12.1. The minimum Gasteiger partial charge on any atom is -0.272 e. The molecule has 0 bridgehead atoms. The van der Waals surface area contributed by atoms with E-state index in [1.807, 2.05) is 41.9 Å². The maximum absolute atomic E-state index is 12.1. The molecule has 0 unspecified atom stereocenters. The third kappa shape index (κ3) is 2.19. The number of thiophene rings is 1. The first-order valence-electron chi connectivity index (χ1n) is 6.15. The maximum Gasteiger partial charge on any atom is 0.253 e. The van der Waals surface area contributed by atoms with Gasteiger partial charge in [0.1, 0.15) is 0 Å². The lowest BCUT2D eigenvalue weighted by Gasteiger charge is -2.13. The summed E-state index contributed by atoms with van der Waals surface area (Å²) in [5.74, 6) is 0.0319. The molecular weight excluding hydrogens is 256 g/mol. The lowest BCUT2D eigenvalue weighted by Crippen LogP contribution is -2.19. The summed E-state index contributed by atoms with van der Waals surface area (Å²) in [6, 6.07) is 7.98. The van der Waals surface area contributed by atoms with Gasteiger partial charge < -0.3 is 0 Å². The predicted octanol–water partition coefficient (Wildman–Crippen LogP) is 3.51. The maximum atomic E-state index is 12.1. The first-order chi connectivity index (χ1) is 9.15. The summed E-state index contributed by atoms with van der Waals surface area (Å²) in [5, 5.41) is 10.00. The summed E-state index contributed by atoms with van der Waals surface area (Å²) in [4.78, 5) is 12.1. The fraction of sp³-hybridized carbons (Fsp3) is 0.200. The SMILES string of the molecule is Cc1ccc(N2N=C(c3ccsc3)CC2=O)cc1C. The Hall–Kier alpha value is -1.94. The van der Waals surface area contributed by atoms with Crippen molar-refractivity contribution in [1.82, 2.24) is 0 Å². The standard InChI is InChI=1S/C15H14N2OS/c1-10-3-4-13(7-11(10)2)17-15(18)8-14(16-17)12-5-6-19-9-12/h3-7,9H,8H2,1-2H3. The fourth-order valence-electron chi connectivity index (χ4n) is 2.08. The zero-order valence-electron chi connectivity index (χ0n) is 10.9. The highest BCUT2D eigenvalue weighted by molar-refractivity contribution is 7.08. The van der Waals surface area contributed by atoms with Crippen molar-refractivity contribution in [3.63, 3.8) is 0 Å². The van der Waals surface area contributed by atoms with Gasteiger partial charge in [-0.2, -0.15) is 16.4 Å². The van der Waals surface area contributed by atoms with Crippen LogP contribution in [0.3, 0.4) is 0 Å². The zero-order valence-corrected chi connectivity index (χ0v) is 11.7. The highest BCUT2D eigenvalue weighted by atomic mass is 32.1. The van der Waals surface area contributed by atoms with Crippen molar-refractivity contribution in [3.8, 4) is 0 Å². The Labute approximate surface area is 116 Å². The van der Waals surface area contributed by atoms with E-state index < -0.39 is 0 Å². The lowest BCUT2D eigenvalue weighted by molar-refractivity contribution is -0.116. The summed E-state index contributed by atoms with van der Waals surface area (Å²) in [6.45, 7) is 4.11. The van der Waals surface area contributed by atoms with Gasteiger partial charge in [-0.15, -0.1) is 0 Å². The molecule has 4 heteroatoms. The molecular formula is C15H14N2OS. The number of nitrogens with zero attached hydrogens (tertiary/aromatic N) is 2. The number of hydrogen-bond donors (Lipinski definition) is 0. The van der Waals surface area contributed by atoms with Crippen molar-refractivity contribution in [1.29, 1.82) is 0 Å². The summed E-state index contributed by atoms with van der Waals surface area (Å²) < 4.78 is 0. The summed E-state index contributed by atoms with van der Waals surface area (Å²) in [5.41, 5.74) is 5.13. The Morgan fingerprint density at radius 3 is 2.74 bits per heavy atom. The molecule has 0 saturated heterocycles. The lowest BCUT2D eigenvalue weighted by atomic mass is 10.1. The highest BCUT2D eigenvalue weighted by Gasteiger charge is 2.26. The van der Waals surface area contributed by atoms with Gasteiger partial charge in [0.05, 0.1) is 17.8 Å². The molecule has 3 nitrogen and oxygen atoms in total.